The second-order valence-corrected chi connectivity index (χ2v) is 1.96. The summed E-state index contributed by atoms with van der Waals surface area (Å²) in [5.41, 5.74) is 0. The molecule has 0 radical (unpaired) electrons. The van der Waals surface area contributed by atoms with Crippen LogP contribution in [0.15, 0.2) is 17.9 Å². The fourth-order valence-corrected chi connectivity index (χ4v) is 0.0577. The van der Waals surface area contributed by atoms with Gasteiger partial charge in [0.15, 0.2) is 0 Å². The fraction of sp³-hybridized carbons (Fsp3) is 0. The van der Waals surface area contributed by atoms with Crippen LogP contribution in [0.4, 0.5) is 0 Å². The minimum absolute atomic E-state index is 1.41. The van der Waals surface area contributed by atoms with Crippen LogP contribution in [0.1, 0.15) is 0 Å². The number of hydrogen-bond donors (Lipinski definition) is 0. The Bertz CT molecular complexity index is 53.8. The Morgan fingerprint density at radius 3 is 2.33 bits per heavy atom. The Kier molecular flexibility index (Phi) is 3.34. The average Bonchev–Trinajstić information content (AvgIpc) is 1.65. The van der Waals surface area contributed by atoms with Gasteiger partial charge in [0.1, 0.15) is 0 Å². The first-order valence-corrected chi connectivity index (χ1v) is 2.67. The first-order chi connectivity index (χ1) is 2.81. The van der Waals surface area contributed by atoms with Gasteiger partial charge in [0.05, 0.1) is 0 Å². The van der Waals surface area contributed by atoms with E-state index in [1.807, 2.05) is 0 Å². The zero-order valence-electron chi connectivity index (χ0n) is 3.26. The standard InChI is InChI=1S/C3H5AtN2/c1-3-6(4)5-2/h3H,1-2H2. The van der Waals surface area contributed by atoms with Crippen LogP contribution in [0.3, 0.4) is 0 Å². The molecule has 0 unspecified atom stereocenters. The van der Waals surface area contributed by atoms with Gasteiger partial charge in [-0.05, 0) is 0 Å². The molecule has 0 spiro atoms. The van der Waals surface area contributed by atoms with Gasteiger partial charge in [0.2, 0.25) is 0 Å². The normalized spacial score (nSPS) is 6.83. The van der Waals surface area contributed by atoms with E-state index in [0.29, 0.717) is 0 Å². The number of hydrogen-bond acceptors (Lipinski definition) is 2. The topological polar surface area (TPSA) is 15.6 Å². The van der Waals surface area contributed by atoms with E-state index in [-0.39, 0.29) is 0 Å². The number of nitrogens with zero attached hydrogens (tertiary/aromatic N) is 2. The molecule has 0 heterocycles. The summed E-state index contributed by atoms with van der Waals surface area (Å²) >= 11 is 1.41. The predicted molar refractivity (Wildman–Crippen MR) is 21.6 cm³/mol. The molecular formula is C3H5AtN2. The SMILES string of the molecule is C=CN([At])N=C. The molecule has 0 amide bonds. The molecule has 0 aliphatic heterocycles. The van der Waals surface area contributed by atoms with Crippen molar-refractivity contribution in [3.8, 4) is 0 Å². The Hall–Kier alpha value is 0.0931. The van der Waals surface area contributed by atoms with Gasteiger partial charge in [-0.25, -0.2) is 0 Å². The van der Waals surface area contributed by atoms with E-state index in [1.165, 1.54) is 25.0 Å². The van der Waals surface area contributed by atoms with Crippen molar-refractivity contribution in [2.75, 3.05) is 0 Å². The van der Waals surface area contributed by atoms with Crippen molar-refractivity contribution in [2.45, 2.75) is 0 Å². The summed E-state index contributed by atoms with van der Waals surface area (Å²) in [5, 5.41) is 3.50. The van der Waals surface area contributed by atoms with Gasteiger partial charge in [-0.3, -0.25) is 0 Å². The molecule has 34 valence electrons. The van der Waals surface area contributed by atoms with E-state index in [2.05, 4.69) is 18.4 Å². The van der Waals surface area contributed by atoms with Gasteiger partial charge >= 0.3 is 52.6 Å². The van der Waals surface area contributed by atoms with Gasteiger partial charge in [-0.15, -0.1) is 0 Å². The second kappa shape index (κ2) is 3.29. The summed E-state index contributed by atoms with van der Waals surface area (Å²) in [6.07, 6.45) is 1.60. The van der Waals surface area contributed by atoms with Crippen molar-refractivity contribution in [1.29, 1.82) is 0 Å². The molecule has 2 nitrogen and oxygen atoms in total. The first kappa shape index (κ1) is 6.09. The van der Waals surface area contributed by atoms with Crippen LogP contribution in [-0.2, 0) is 0 Å². The predicted octanol–water partition coefficient (Wildman–Crippen LogP) is 0.512. The van der Waals surface area contributed by atoms with Gasteiger partial charge in [0.25, 0.3) is 0 Å². The Morgan fingerprint density at radius 2 is 2.33 bits per heavy atom. The zero-order chi connectivity index (χ0) is 4.99. The molecule has 0 aromatic carbocycles. The van der Waals surface area contributed by atoms with Gasteiger partial charge < -0.3 is 0 Å². The molecule has 0 bridgehead atoms. The number of rotatable bonds is 2. The summed E-state index contributed by atoms with van der Waals surface area (Å²) < 4.78 is 1.58. The third-order valence-corrected chi connectivity index (χ3v) is 1.24. The van der Waals surface area contributed by atoms with Gasteiger partial charge in [0, 0.05) is 0 Å². The molecule has 0 aliphatic carbocycles. The maximum absolute atomic E-state index is 3.50. The molecule has 0 aromatic rings. The van der Waals surface area contributed by atoms with Crippen LogP contribution in [0.5, 0.6) is 0 Å². The molecule has 0 aliphatic rings. The summed E-state index contributed by atoms with van der Waals surface area (Å²) in [6, 6.07) is 0. The summed E-state index contributed by atoms with van der Waals surface area (Å²) in [4.78, 5) is 0. The van der Waals surface area contributed by atoms with E-state index >= 15 is 0 Å². The molecule has 0 aromatic heterocycles. The molecule has 6 heavy (non-hydrogen) atoms. The van der Waals surface area contributed by atoms with Crippen LogP contribution < -0.4 is 0 Å². The van der Waals surface area contributed by atoms with Crippen LogP contribution in [-0.4, -0.2) is 9.67 Å². The van der Waals surface area contributed by atoms with Crippen LogP contribution in [0, 0.1) is 25.0 Å². The van der Waals surface area contributed by atoms with Crippen LogP contribution in [0.25, 0.3) is 0 Å². The van der Waals surface area contributed by atoms with E-state index in [4.69, 9.17) is 0 Å². The van der Waals surface area contributed by atoms with Crippen molar-refractivity contribution < 1.29 is 25.0 Å². The summed E-state index contributed by atoms with van der Waals surface area (Å²) in [7, 11) is 0. The van der Waals surface area contributed by atoms with Gasteiger partial charge in [-0.1, -0.05) is 0 Å². The van der Waals surface area contributed by atoms with Crippen molar-refractivity contribution in [3.05, 3.63) is 12.8 Å². The van der Waals surface area contributed by atoms with Crippen LogP contribution in [0.2, 0.25) is 0 Å². The molecule has 0 saturated carbocycles. The Labute approximate surface area is 52.8 Å². The van der Waals surface area contributed by atoms with Gasteiger partial charge in [-0.2, -0.15) is 0 Å². The van der Waals surface area contributed by atoms with Crippen molar-refractivity contribution >= 4 is 6.72 Å². The number of hydrazone groups is 1. The summed E-state index contributed by atoms with van der Waals surface area (Å²) in [6.45, 7) is 6.69. The molecule has 0 rings (SSSR count). The molecule has 0 fully saturated rings. The molecule has 0 saturated heterocycles. The van der Waals surface area contributed by atoms with Crippen molar-refractivity contribution in [3.63, 3.8) is 0 Å². The van der Waals surface area contributed by atoms with E-state index < -0.39 is 0 Å². The molecular weight excluding hydrogens is 274 g/mol. The van der Waals surface area contributed by atoms with E-state index in [9.17, 15) is 0 Å². The third-order valence-electron chi connectivity index (χ3n) is 0.286. The maximum atomic E-state index is 3.50. The molecule has 3 heteroatoms. The minimum atomic E-state index is 1.41. The monoisotopic (exact) mass is 279 g/mol. The fourth-order valence-electron chi connectivity index (χ4n) is 0.0577. The third kappa shape index (κ3) is 2.34. The Balaban J connectivity index is 3.21. The Morgan fingerprint density at radius 1 is 1.83 bits per heavy atom. The van der Waals surface area contributed by atoms with E-state index in [1.54, 1.807) is 9.15 Å². The second-order valence-electron chi connectivity index (χ2n) is 0.613. The van der Waals surface area contributed by atoms with Crippen LogP contribution >= 0.6 is 0 Å². The molecule has 0 N–H and O–H groups in total. The average molecular weight is 279 g/mol. The quantitative estimate of drug-likeness (QED) is 0.531. The van der Waals surface area contributed by atoms with E-state index in [0.717, 1.165) is 0 Å². The zero-order valence-corrected chi connectivity index (χ0v) is 6.20. The summed E-state index contributed by atoms with van der Waals surface area (Å²) in [5.74, 6) is 0. The molecule has 0 atom stereocenters. The first-order valence-electron chi connectivity index (χ1n) is 1.35. The van der Waals surface area contributed by atoms with Crippen molar-refractivity contribution in [2.24, 2.45) is 5.10 Å². The van der Waals surface area contributed by atoms with Crippen molar-refractivity contribution in [1.82, 2.24) is 2.95 Å².